The number of benzene rings is 2. The lowest BCUT2D eigenvalue weighted by Crippen LogP contribution is -2.00. The van der Waals surface area contributed by atoms with Gasteiger partial charge < -0.3 is 10.4 Å². The van der Waals surface area contributed by atoms with Crippen molar-refractivity contribution < 1.29 is 5.11 Å². The Balaban J connectivity index is 2.19. The second kappa shape index (κ2) is 6.49. The number of hydrogen-bond acceptors (Lipinski definition) is 3. The first-order valence-electron chi connectivity index (χ1n) is 5.61. The van der Waals surface area contributed by atoms with Crippen molar-refractivity contribution in [2.45, 2.75) is 6.54 Å². The van der Waals surface area contributed by atoms with Crippen molar-refractivity contribution in [2.24, 2.45) is 0 Å². The molecule has 0 heterocycles. The average Bonchev–Trinajstić information content (AvgIpc) is 2.43. The summed E-state index contributed by atoms with van der Waals surface area (Å²) in [6, 6.07) is 10.8. The van der Waals surface area contributed by atoms with E-state index >= 15 is 0 Å². The van der Waals surface area contributed by atoms with Crippen LogP contribution in [0.15, 0.2) is 39.3 Å². The van der Waals surface area contributed by atoms with E-state index < -0.39 is 0 Å². The van der Waals surface area contributed by atoms with E-state index in [-0.39, 0.29) is 5.75 Å². The van der Waals surface area contributed by atoms with E-state index in [1.54, 1.807) is 18.2 Å². The second-order valence-electron chi connectivity index (χ2n) is 4.07. The number of rotatable bonds is 3. The average molecular weight is 417 g/mol. The third-order valence-corrected chi connectivity index (χ3v) is 4.19. The van der Waals surface area contributed by atoms with Gasteiger partial charge in [0.05, 0.1) is 31.3 Å². The highest BCUT2D eigenvalue weighted by Gasteiger charge is 2.07. The SMILES string of the molecule is N#Cc1ccc(Cl)c(NCc2cc(Br)c(O)c(Br)c2)c1. The van der Waals surface area contributed by atoms with E-state index in [1.165, 1.54) is 0 Å². The molecular formula is C14H9Br2ClN2O. The normalized spacial score (nSPS) is 10.1. The van der Waals surface area contributed by atoms with E-state index in [4.69, 9.17) is 16.9 Å². The molecule has 0 atom stereocenters. The number of anilines is 1. The molecule has 0 aromatic heterocycles. The Morgan fingerprint density at radius 3 is 2.45 bits per heavy atom. The largest absolute Gasteiger partial charge is 0.506 e. The van der Waals surface area contributed by atoms with E-state index in [0.717, 1.165) is 5.56 Å². The fourth-order valence-corrected chi connectivity index (χ4v) is 3.11. The van der Waals surface area contributed by atoms with Crippen LogP contribution in [0.5, 0.6) is 5.75 Å². The molecule has 0 amide bonds. The molecule has 20 heavy (non-hydrogen) atoms. The molecule has 0 radical (unpaired) electrons. The molecule has 0 aliphatic rings. The van der Waals surface area contributed by atoms with Crippen LogP contribution in [0.4, 0.5) is 5.69 Å². The summed E-state index contributed by atoms with van der Waals surface area (Å²) < 4.78 is 1.22. The van der Waals surface area contributed by atoms with Crippen molar-refractivity contribution in [2.75, 3.05) is 5.32 Å². The molecule has 0 unspecified atom stereocenters. The fraction of sp³-hybridized carbons (Fsp3) is 0.0714. The Labute approximate surface area is 138 Å². The maximum absolute atomic E-state index is 9.66. The monoisotopic (exact) mass is 414 g/mol. The van der Waals surface area contributed by atoms with E-state index in [0.29, 0.717) is 31.8 Å². The topological polar surface area (TPSA) is 56.0 Å². The van der Waals surface area contributed by atoms with Crippen molar-refractivity contribution in [1.82, 2.24) is 0 Å². The number of hydrogen-bond donors (Lipinski definition) is 2. The summed E-state index contributed by atoms with van der Waals surface area (Å²) in [5, 5.41) is 22.3. The molecule has 2 rings (SSSR count). The minimum absolute atomic E-state index is 0.165. The molecule has 2 aromatic carbocycles. The molecule has 0 bridgehead atoms. The van der Waals surface area contributed by atoms with Crippen LogP contribution in [0.25, 0.3) is 0 Å². The molecule has 102 valence electrons. The first-order valence-corrected chi connectivity index (χ1v) is 7.58. The van der Waals surface area contributed by atoms with Gasteiger partial charge in [0.1, 0.15) is 5.75 Å². The third-order valence-electron chi connectivity index (χ3n) is 2.66. The van der Waals surface area contributed by atoms with Gasteiger partial charge in [0, 0.05) is 6.54 Å². The first kappa shape index (κ1) is 15.2. The van der Waals surface area contributed by atoms with E-state index in [2.05, 4.69) is 43.2 Å². The van der Waals surface area contributed by atoms with Gasteiger partial charge in [0.15, 0.2) is 0 Å². The zero-order valence-electron chi connectivity index (χ0n) is 10.1. The lowest BCUT2D eigenvalue weighted by atomic mass is 10.2. The van der Waals surface area contributed by atoms with Crippen LogP contribution in [0.1, 0.15) is 11.1 Å². The van der Waals surface area contributed by atoms with Crippen LogP contribution >= 0.6 is 43.5 Å². The number of aromatic hydroxyl groups is 1. The lowest BCUT2D eigenvalue weighted by Gasteiger charge is -2.10. The highest BCUT2D eigenvalue weighted by Crippen LogP contribution is 2.33. The van der Waals surface area contributed by atoms with Gasteiger partial charge in [-0.3, -0.25) is 0 Å². The number of nitrogens with zero attached hydrogens (tertiary/aromatic N) is 1. The Kier molecular flexibility index (Phi) is 4.92. The van der Waals surface area contributed by atoms with Crippen LogP contribution in [0.2, 0.25) is 5.02 Å². The lowest BCUT2D eigenvalue weighted by molar-refractivity contribution is 0.468. The molecule has 2 aromatic rings. The maximum atomic E-state index is 9.66. The summed E-state index contributed by atoms with van der Waals surface area (Å²) in [4.78, 5) is 0. The van der Waals surface area contributed by atoms with Gasteiger partial charge in [-0.05, 0) is 67.8 Å². The van der Waals surface area contributed by atoms with Crippen LogP contribution in [-0.2, 0) is 6.54 Å². The summed E-state index contributed by atoms with van der Waals surface area (Å²) in [6.07, 6.45) is 0. The van der Waals surface area contributed by atoms with Gasteiger partial charge >= 0.3 is 0 Å². The summed E-state index contributed by atoms with van der Waals surface area (Å²) in [6.45, 7) is 0.520. The molecule has 6 heteroatoms. The Morgan fingerprint density at radius 1 is 1.20 bits per heavy atom. The standard InChI is InChI=1S/C14H9Br2ClN2O/c15-10-3-9(4-11(16)14(10)20)7-19-13-5-8(6-18)1-2-12(13)17/h1-5,19-20H,7H2. The zero-order chi connectivity index (χ0) is 14.7. The number of nitrogens with one attached hydrogen (secondary N) is 1. The highest BCUT2D eigenvalue weighted by molar-refractivity contribution is 9.11. The van der Waals surface area contributed by atoms with Crippen LogP contribution in [0.3, 0.4) is 0 Å². The summed E-state index contributed by atoms with van der Waals surface area (Å²) in [5.74, 6) is 0.165. The van der Waals surface area contributed by atoms with Crippen molar-refractivity contribution in [3.63, 3.8) is 0 Å². The van der Waals surface area contributed by atoms with Crippen molar-refractivity contribution in [1.29, 1.82) is 5.26 Å². The number of phenolic OH excluding ortho intramolecular Hbond substituents is 1. The zero-order valence-corrected chi connectivity index (χ0v) is 14.1. The molecule has 0 saturated carbocycles. The minimum atomic E-state index is 0.165. The number of phenols is 1. The third kappa shape index (κ3) is 3.45. The van der Waals surface area contributed by atoms with Crippen molar-refractivity contribution >= 4 is 49.1 Å². The van der Waals surface area contributed by atoms with Crippen LogP contribution in [-0.4, -0.2) is 5.11 Å². The van der Waals surface area contributed by atoms with E-state index in [9.17, 15) is 5.11 Å². The van der Waals surface area contributed by atoms with Crippen LogP contribution < -0.4 is 5.32 Å². The number of nitriles is 1. The predicted molar refractivity (Wildman–Crippen MR) is 87.0 cm³/mol. The van der Waals surface area contributed by atoms with Gasteiger partial charge in [-0.25, -0.2) is 0 Å². The Morgan fingerprint density at radius 2 is 1.85 bits per heavy atom. The fourth-order valence-electron chi connectivity index (χ4n) is 1.65. The number of halogens is 3. The first-order chi connectivity index (χ1) is 9.51. The van der Waals surface area contributed by atoms with Crippen molar-refractivity contribution in [3.8, 4) is 11.8 Å². The summed E-state index contributed by atoms with van der Waals surface area (Å²) >= 11 is 12.6. The second-order valence-corrected chi connectivity index (χ2v) is 6.18. The van der Waals surface area contributed by atoms with Gasteiger partial charge in [0.25, 0.3) is 0 Å². The maximum Gasteiger partial charge on any atom is 0.143 e. The molecule has 0 spiro atoms. The quantitative estimate of drug-likeness (QED) is 0.736. The predicted octanol–water partition coefficient (Wildman–Crippen LogP) is 5.05. The van der Waals surface area contributed by atoms with Gasteiger partial charge in [0.2, 0.25) is 0 Å². The highest BCUT2D eigenvalue weighted by atomic mass is 79.9. The van der Waals surface area contributed by atoms with Gasteiger partial charge in [-0.2, -0.15) is 5.26 Å². The van der Waals surface area contributed by atoms with Gasteiger partial charge in [-0.1, -0.05) is 11.6 Å². The smallest absolute Gasteiger partial charge is 0.143 e. The van der Waals surface area contributed by atoms with Crippen LogP contribution in [0, 0.1) is 11.3 Å². The molecule has 2 N–H and O–H groups in total. The molecule has 0 fully saturated rings. The van der Waals surface area contributed by atoms with Crippen molar-refractivity contribution in [3.05, 3.63) is 55.4 Å². The molecular weight excluding hydrogens is 407 g/mol. The molecule has 0 aliphatic carbocycles. The van der Waals surface area contributed by atoms with Gasteiger partial charge in [-0.15, -0.1) is 0 Å². The minimum Gasteiger partial charge on any atom is -0.506 e. The Bertz CT molecular complexity index is 675. The molecule has 0 aliphatic heterocycles. The molecule has 0 saturated heterocycles. The summed E-state index contributed by atoms with van der Waals surface area (Å²) in [5.41, 5.74) is 2.20. The van der Waals surface area contributed by atoms with E-state index in [1.807, 2.05) is 12.1 Å². The summed E-state index contributed by atoms with van der Waals surface area (Å²) in [7, 11) is 0. The molecule has 3 nitrogen and oxygen atoms in total. The Hall–Kier alpha value is -1.22.